The van der Waals surface area contributed by atoms with Crippen molar-refractivity contribution in [1.82, 2.24) is 14.7 Å². The van der Waals surface area contributed by atoms with Crippen LogP contribution in [0.1, 0.15) is 82.8 Å². The zero-order valence-corrected chi connectivity index (χ0v) is 27.9. The molecule has 1 saturated carbocycles. The first-order valence-corrected chi connectivity index (χ1v) is 17.3. The number of likely N-dealkylation sites (N-methyl/N-ethyl adjacent to an activating group) is 1. The summed E-state index contributed by atoms with van der Waals surface area (Å²) in [7, 11) is 1.70. The van der Waals surface area contributed by atoms with Crippen molar-refractivity contribution in [1.29, 1.82) is 0 Å². The van der Waals surface area contributed by atoms with Gasteiger partial charge in [-0.3, -0.25) is 19.2 Å². The Morgan fingerprint density at radius 3 is 2.51 bits per heavy atom. The molecule has 1 aromatic carbocycles. The number of likely N-dealkylation sites (tertiary alicyclic amines) is 1. The average molecular weight is 650 g/mol. The summed E-state index contributed by atoms with van der Waals surface area (Å²) in [4.78, 5) is 61.3. The van der Waals surface area contributed by atoms with Gasteiger partial charge in [0.2, 0.25) is 17.7 Å². The van der Waals surface area contributed by atoms with Gasteiger partial charge in [0.15, 0.2) is 0 Å². The SMILES string of the molecule is C=CCCC(=O)N(C)[C@@H](C)[C@@H](OC(=O)[C@@H]1[C@H]2C(=O)N(CCCO)[C@H](C(=O)N(CC=C)C3CCCCC3)[C@]23CC[C@H]1O3)c1ccccc1. The summed E-state index contributed by atoms with van der Waals surface area (Å²) < 4.78 is 13.0. The first kappa shape index (κ1) is 34.8. The highest BCUT2D eigenvalue weighted by atomic mass is 16.6. The van der Waals surface area contributed by atoms with Crippen LogP contribution in [0.15, 0.2) is 55.6 Å². The van der Waals surface area contributed by atoms with E-state index in [1.165, 1.54) is 0 Å². The Bertz CT molecular complexity index is 1310. The molecule has 3 saturated heterocycles. The molecule has 3 amide bonds. The Balaban J connectivity index is 1.45. The van der Waals surface area contributed by atoms with E-state index in [2.05, 4.69) is 13.2 Å². The van der Waals surface area contributed by atoms with Crippen molar-refractivity contribution >= 4 is 23.7 Å². The van der Waals surface area contributed by atoms with Crippen molar-refractivity contribution in [2.75, 3.05) is 26.7 Å². The maximum Gasteiger partial charge on any atom is 0.313 e. The van der Waals surface area contributed by atoms with Crippen LogP contribution in [0.5, 0.6) is 0 Å². The molecule has 256 valence electrons. The van der Waals surface area contributed by atoms with Gasteiger partial charge < -0.3 is 29.3 Å². The van der Waals surface area contributed by atoms with Crippen LogP contribution in [-0.2, 0) is 28.7 Å². The van der Waals surface area contributed by atoms with Crippen LogP contribution in [0.3, 0.4) is 0 Å². The minimum absolute atomic E-state index is 0.0538. The molecule has 3 aliphatic heterocycles. The van der Waals surface area contributed by atoms with Crippen molar-refractivity contribution < 1.29 is 33.8 Å². The Morgan fingerprint density at radius 1 is 1.13 bits per heavy atom. The highest BCUT2D eigenvalue weighted by Gasteiger charge is 2.75. The monoisotopic (exact) mass is 649 g/mol. The molecule has 5 rings (SSSR count). The second-order valence-corrected chi connectivity index (χ2v) is 13.6. The smallest absolute Gasteiger partial charge is 0.313 e. The number of allylic oxidation sites excluding steroid dienone is 1. The van der Waals surface area contributed by atoms with Crippen LogP contribution in [-0.4, -0.2) is 100 Å². The average Bonchev–Trinajstić information content (AvgIpc) is 3.74. The molecule has 47 heavy (non-hydrogen) atoms. The van der Waals surface area contributed by atoms with Gasteiger partial charge in [-0.15, -0.1) is 13.2 Å². The van der Waals surface area contributed by atoms with Gasteiger partial charge in [-0.25, -0.2) is 0 Å². The molecule has 0 aromatic heterocycles. The number of esters is 1. The number of carbonyl (C=O) groups is 4. The molecule has 1 aliphatic carbocycles. The van der Waals surface area contributed by atoms with Crippen LogP contribution in [0.2, 0.25) is 0 Å². The molecule has 1 spiro atoms. The Kier molecular flexibility index (Phi) is 11.2. The molecule has 3 heterocycles. The highest BCUT2D eigenvalue weighted by molar-refractivity contribution is 5.98. The van der Waals surface area contributed by atoms with E-state index in [1.54, 1.807) is 29.0 Å². The zero-order chi connectivity index (χ0) is 33.7. The number of ether oxygens (including phenoxy) is 2. The lowest BCUT2D eigenvalue weighted by Crippen LogP contribution is -2.58. The third kappa shape index (κ3) is 6.64. The van der Waals surface area contributed by atoms with Crippen LogP contribution in [0.25, 0.3) is 0 Å². The number of carbonyl (C=O) groups excluding carboxylic acids is 4. The van der Waals surface area contributed by atoms with Gasteiger partial charge >= 0.3 is 5.97 Å². The normalized spacial score (nSPS) is 28.0. The summed E-state index contributed by atoms with van der Waals surface area (Å²) in [6.07, 6.45) is 9.24. The van der Waals surface area contributed by atoms with Gasteiger partial charge in [-0.1, -0.05) is 61.7 Å². The lowest BCUT2D eigenvalue weighted by atomic mass is 9.70. The quantitative estimate of drug-likeness (QED) is 0.224. The predicted octanol–water partition coefficient (Wildman–Crippen LogP) is 4.19. The van der Waals surface area contributed by atoms with E-state index < -0.39 is 47.7 Å². The lowest BCUT2D eigenvalue weighted by Gasteiger charge is -2.40. The van der Waals surface area contributed by atoms with Crippen molar-refractivity contribution in [3.05, 3.63) is 61.2 Å². The molecule has 4 aliphatic rings. The fraction of sp³-hybridized carbons (Fsp3) is 0.622. The molecule has 0 unspecified atom stereocenters. The van der Waals surface area contributed by atoms with Crippen molar-refractivity contribution in [2.45, 2.75) is 107 Å². The predicted molar refractivity (Wildman–Crippen MR) is 177 cm³/mol. The fourth-order valence-electron chi connectivity index (χ4n) is 8.41. The second-order valence-electron chi connectivity index (χ2n) is 13.6. The van der Waals surface area contributed by atoms with Crippen LogP contribution in [0, 0.1) is 11.8 Å². The molecule has 4 fully saturated rings. The lowest BCUT2D eigenvalue weighted by molar-refractivity contribution is -0.164. The molecule has 1 aromatic rings. The van der Waals surface area contributed by atoms with Gasteiger partial charge in [0.1, 0.15) is 17.7 Å². The summed E-state index contributed by atoms with van der Waals surface area (Å²) in [5.74, 6) is -2.90. The first-order chi connectivity index (χ1) is 22.7. The number of fused-ring (bicyclic) bond motifs is 1. The summed E-state index contributed by atoms with van der Waals surface area (Å²) in [6, 6.07) is 7.97. The number of hydrogen-bond acceptors (Lipinski definition) is 7. The summed E-state index contributed by atoms with van der Waals surface area (Å²) in [5.41, 5.74) is -0.421. The number of aliphatic hydroxyl groups excluding tert-OH is 1. The molecular weight excluding hydrogens is 598 g/mol. The largest absolute Gasteiger partial charge is 0.455 e. The fourth-order valence-corrected chi connectivity index (χ4v) is 8.41. The second kappa shape index (κ2) is 15.2. The van der Waals surface area contributed by atoms with E-state index in [0.29, 0.717) is 38.6 Å². The molecule has 10 heteroatoms. The van der Waals surface area contributed by atoms with E-state index in [9.17, 15) is 24.3 Å². The van der Waals surface area contributed by atoms with Crippen molar-refractivity contribution in [3.63, 3.8) is 0 Å². The molecule has 2 bridgehead atoms. The van der Waals surface area contributed by atoms with E-state index >= 15 is 0 Å². The number of nitrogens with zero attached hydrogens (tertiary/aromatic N) is 3. The third-order valence-electron chi connectivity index (χ3n) is 10.9. The molecular formula is C37H51N3O7. The maximum atomic E-state index is 14.6. The summed E-state index contributed by atoms with van der Waals surface area (Å²) in [5, 5.41) is 9.71. The third-order valence-corrected chi connectivity index (χ3v) is 10.9. The molecule has 1 N–H and O–H groups in total. The number of amides is 3. The van der Waals surface area contributed by atoms with Gasteiger partial charge in [-0.2, -0.15) is 0 Å². The topological polar surface area (TPSA) is 117 Å². The summed E-state index contributed by atoms with van der Waals surface area (Å²) >= 11 is 0. The Labute approximate surface area is 278 Å². The molecule has 0 radical (unpaired) electrons. The number of rotatable bonds is 15. The minimum Gasteiger partial charge on any atom is -0.455 e. The zero-order valence-electron chi connectivity index (χ0n) is 27.9. The van der Waals surface area contributed by atoms with Crippen molar-refractivity contribution in [3.8, 4) is 0 Å². The van der Waals surface area contributed by atoms with E-state index in [1.807, 2.05) is 42.2 Å². The standard InChI is InChI=1S/C37H51N3O7/c1-5-7-19-29(42)38(4)25(3)32(26-15-10-8-11-16-26)46-36(45)30-28-20-21-37(47-28)31(30)34(43)40(23-14-24-41)33(37)35(44)39(22-6-2)27-17-12-9-13-18-27/h5-6,8,10-11,15-16,25,27-28,30-33,41H,1-2,7,9,12-14,17-24H2,3-4H3/t25-,28+,30-,31-,32+,33+,37-/m0/s1. The van der Waals surface area contributed by atoms with Crippen LogP contribution in [0.4, 0.5) is 0 Å². The highest BCUT2D eigenvalue weighted by Crippen LogP contribution is 2.59. The Hall–Kier alpha value is -3.50. The van der Waals surface area contributed by atoms with Gasteiger partial charge in [0.05, 0.1) is 24.0 Å². The number of hydrogen-bond donors (Lipinski definition) is 1. The first-order valence-electron chi connectivity index (χ1n) is 17.3. The van der Waals surface area contributed by atoms with Gasteiger partial charge in [0, 0.05) is 39.2 Å². The van der Waals surface area contributed by atoms with E-state index in [4.69, 9.17) is 9.47 Å². The summed E-state index contributed by atoms with van der Waals surface area (Å²) in [6.45, 7) is 9.89. The molecule has 7 atom stereocenters. The van der Waals surface area contributed by atoms with Gasteiger partial charge in [0.25, 0.3) is 0 Å². The number of aliphatic hydroxyl groups is 1. The van der Waals surface area contributed by atoms with E-state index in [-0.39, 0.29) is 36.9 Å². The van der Waals surface area contributed by atoms with Crippen LogP contribution < -0.4 is 0 Å². The minimum atomic E-state index is -1.16. The maximum absolute atomic E-state index is 14.6. The van der Waals surface area contributed by atoms with E-state index in [0.717, 1.165) is 37.7 Å². The van der Waals surface area contributed by atoms with Crippen molar-refractivity contribution in [2.24, 2.45) is 11.8 Å². The molecule has 10 nitrogen and oxygen atoms in total. The van der Waals surface area contributed by atoms with Gasteiger partial charge in [-0.05, 0) is 51.0 Å². The number of benzene rings is 1. The Morgan fingerprint density at radius 2 is 1.85 bits per heavy atom. The van der Waals surface area contributed by atoms with Crippen LogP contribution >= 0.6 is 0 Å².